The Morgan fingerprint density at radius 1 is 1.06 bits per heavy atom. The monoisotopic (exact) mass is 428 g/mol. The number of nitrogens with zero attached hydrogens (tertiary/aromatic N) is 3. The minimum atomic E-state index is -0.0960. The maximum atomic E-state index is 13.3. The second kappa shape index (κ2) is 8.34. The fourth-order valence-electron chi connectivity index (χ4n) is 4.14. The van der Waals surface area contributed by atoms with Crippen LogP contribution in [0.15, 0.2) is 66.9 Å². The number of benzene rings is 2. The summed E-state index contributed by atoms with van der Waals surface area (Å²) in [5.74, 6) is 1.33. The standard InChI is InChI=1S/C25H24N4O3/c1-17(30)27-20-15-28(16-20)24-10-8-21(14-26-24)29-11-12-32-23-13-19(7-9-22(23)25(29)31)18-5-3-2-4-6-18/h2-10,13-14,20H,11-12,15-16H2,1H3,(H,27,30). The van der Waals surface area contributed by atoms with Crippen LogP contribution in [-0.4, -0.2) is 49.1 Å². The molecule has 32 heavy (non-hydrogen) atoms. The zero-order chi connectivity index (χ0) is 22.1. The molecule has 2 aliphatic rings. The van der Waals surface area contributed by atoms with Crippen molar-refractivity contribution in [3.63, 3.8) is 0 Å². The average molecular weight is 428 g/mol. The van der Waals surface area contributed by atoms with Gasteiger partial charge in [0.1, 0.15) is 18.2 Å². The summed E-state index contributed by atoms with van der Waals surface area (Å²) in [4.78, 5) is 32.8. The van der Waals surface area contributed by atoms with E-state index in [1.807, 2.05) is 60.7 Å². The molecule has 5 rings (SSSR count). The highest BCUT2D eigenvalue weighted by Gasteiger charge is 2.29. The van der Waals surface area contributed by atoms with Gasteiger partial charge in [0, 0.05) is 20.0 Å². The van der Waals surface area contributed by atoms with Crippen molar-refractivity contribution in [2.24, 2.45) is 0 Å². The number of anilines is 2. The SMILES string of the molecule is CC(=O)NC1CN(c2ccc(N3CCOc4cc(-c5ccccc5)ccc4C3=O)cn2)C1. The van der Waals surface area contributed by atoms with Crippen LogP contribution in [0.5, 0.6) is 5.75 Å². The van der Waals surface area contributed by atoms with Crippen LogP contribution in [0.2, 0.25) is 0 Å². The largest absolute Gasteiger partial charge is 0.491 e. The van der Waals surface area contributed by atoms with Crippen LogP contribution in [0.1, 0.15) is 17.3 Å². The number of carbonyl (C=O) groups excluding carboxylic acids is 2. The van der Waals surface area contributed by atoms with Gasteiger partial charge in [-0.1, -0.05) is 36.4 Å². The van der Waals surface area contributed by atoms with Gasteiger partial charge in [-0.15, -0.1) is 0 Å². The van der Waals surface area contributed by atoms with Crippen LogP contribution in [0, 0.1) is 0 Å². The molecule has 1 aromatic heterocycles. The quantitative estimate of drug-likeness (QED) is 0.691. The lowest BCUT2D eigenvalue weighted by atomic mass is 10.0. The number of pyridine rings is 1. The van der Waals surface area contributed by atoms with Crippen LogP contribution in [-0.2, 0) is 4.79 Å². The van der Waals surface area contributed by atoms with Gasteiger partial charge in [0.05, 0.1) is 30.0 Å². The Bertz CT molecular complexity index is 1140. The number of rotatable bonds is 4. The fraction of sp³-hybridized carbons (Fsp3) is 0.240. The molecule has 0 saturated carbocycles. The molecule has 1 fully saturated rings. The van der Waals surface area contributed by atoms with E-state index >= 15 is 0 Å². The Hall–Kier alpha value is -3.87. The Labute approximate surface area is 186 Å². The van der Waals surface area contributed by atoms with Gasteiger partial charge in [-0.05, 0) is 35.4 Å². The topological polar surface area (TPSA) is 74.8 Å². The molecule has 0 bridgehead atoms. The second-order valence-electron chi connectivity index (χ2n) is 8.06. The summed E-state index contributed by atoms with van der Waals surface area (Å²) in [5.41, 5.74) is 3.39. The van der Waals surface area contributed by atoms with Gasteiger partial charge in [0.15, 0.2) is 0 Å². The highest BCUT2D eigenvalue weighted by molar-refractivity contribution is 6.08. The van der Waals surface area contributed by atoms with Crippen molar-refractivity contribution in [3.8, 4) is 16.9 Å². The Balaban J connectivity index is 1.32. The molecule has 1 saturated heterocycles. The number of fused-ring (bicyclic) bond motifs is 1. The first kappa shape index (κ1) is 20.1. The average Bonchev–Trinajstić information content (AvgIpc) is 2.95. The molecule has 1 N–H and O–H groups in total. The summed E-state index contributed by atoms with van der Waals surface area (Å²) >= 11 is 0. The first-order valence-corrected chi connectivity index (χ1v) is 10.7. The van der Waals surface area contributed by atoms with E-state index in [-0.39, 0.29) is 17.9 Å². The zero-order valence-electron chi connectivity index (χ0n) is 17.8. The van der Waals surface area contributed by atoms with Gasteiger partial charge in [-0.3, -0.25) is 9.59 Å². The lowest BCUT2D eigenvalue weighted by Crippen LogP contribution is -2.59. The highest BCUT2D eigenvalue weighted by atomic mass is 16.5. The Morgan fingerprint density at radius 2 is 1.88 bits per heavy atom. The molecular weight excluding hydrogens is 404 g/mol. The molecule has 0 aliphatic carbocycles. The molecule has 2 aromatic carbocycles. The van der Waals surface area contributed by atoms with E-state index in [9.17, 15) is 9.59 Å². The first-order chi connectivity index (χ1) is 15.6. The van der Waals surface area contributed by atoms with E-state index in [1.165, 1.54) is 6.92 Å². The number of ether oxygens (including phenoxy) is 1. The number of aromatic nitrogens is 1. The zero-order valence-corrected chi connectivity index (χ0v) is 17.8. The summed E-state index contributed by atoms with van der Waals surface area (Å²) in [6.45, 7) is 3.85. The maximum absolute atomic E-state index is 13.3. The third kappa shape index (κ3) is 3.89. The molecule has 2 aliphatic heterocycles. The third-order valence-corrected chi connectivity index (χ3v) is 5.79. The normalized spacial score (nSPS) is 16.0. The molecule has 3 aromatic rings. The van der Waals surface area contributed by atoms with Crippen molar-refractivity contribution in [2.45, 2.75) is 13.0 Å². The molecule has 0 spiro atoms. The molecule has 7 heteroatoms. The predicted molar refractivity (Wildman–Crippen MR) is 123 cm³/mol. The third-order valence-electron chi connectivity index (χ3n) is 5.79. The molecule has 0 unspecified atom stereocenters. The molecule has 162 valence electrons. The van der Waals surface area contributed by atoms with E-state index in [0.717, 1.165) is 35.7 Å². The van der Waals surface area contributed by atoms with Crippen molar-refractivity contribution < 1.29 is 14.3 Å². The van der Waals surface area contributed by atoms with Gasteiger partial charge in [0.25, 0.3) is 5.91 Å². The molecule has 0 radical (unpaired) electrons. The van der Waals surface area contributed by atoms with E-state index in [0.29, 0.717) is 24.5 Å². The van der Waals surface area contributed by atoms with E-state index in [4.69, 9.17) is 4.74 Å². The number of carbonyl (C=O) groups is 2. The highest BCUT2D eigenvalue weighted by Crippen LogP contribution is 2.31. The van der Waals surface area contributed by atoms with Crippen molar-refractivity contribution in [1.29, 1.82) is 0 Å². The molecule has 2 amide bonds. The minimum Gasteiger partial charge on any atom is -0.491 e. The van der Waals surface area contributed by atoms with Gasteiger partial charge in [-0.25, -0.2) is 4.98 Å². The summed E-state index contributed by atoms with van der Waals surface area (Å²) in [6.07, 6.45) is 1.72. The first-order valence-electron chi connectivity index (χ1n) is 10.7. The van der Waals surface area contributed by atoms with Gasteiger partial charge >= 0.3 is 0 Å². The number of hydrogen-bond acceptors (Lipinski definition) is 5. The van der Waals surface area contributed by atoms with E-state index in [2.05, 4.69) is 15.2 Å². The van der Waals surface area contributed by atoms with Gasteiger partial charge < -0.3 is 19.9 Å². The molecule has 7 nitrogen and oxygen atoms in total. The maximum Gasteiger partial charge on any atom is 0.262 e. The van der Waals surface area contributed by atoms with Crippen LogP contribution >= 0.6 is 0 Å². The van der Waals surface area contributed by atoms with Crippen LogP contribution in [0.3, 0.4) is 0 Å². The number of nitrogens with one attached hydrogen (secondary N) is 1. The lowest BCUT2D eigenvalue weighted by molar-refractivity contribution is -0.119. The number of hydrogen-bond donors (Lipinski definition) is 1. The van der Waals surface area contributed by atoms with Crippen molar-refractivity contribution >= 4 is 23.3 Å². The fourth-order valence-corrected chi connectivity index (χ4v) is 4.14. The molecule has 0 atom stereocenters. The van der Waals surface area contributed by atoms with Gasteiger partial charge in [-0.2, -0.15) is 0 Å². The number of amides is 2. The van der Waals surface area contributed by atoms with Crippen molar-refractivity contribution in [2.75, 3.05) is 36.0 Å². The Morgan fingerprint density at radius 3 is 2.59 bits per heavy atom. The summed E-state index contributed by atoms with van der Waals surface area (Å²) in [5, 5.41) is 2.90. The molecule has 3 heterocycles. The predicted octanol–water partition coefficient (Wildman–Crippen LogP) is 3.11. The molecular formula is C25H24N4O3. The van der Waals surface area contributed by atoms with Crippen LogP contribution < -0.4 is 19.9 Å². The van der Waals surface area contributed by atoms with Crippen LogP contribution in [0.4, 0.5) is 11.5 Å². The van der Waals surface area contributed by atoms with Crippen molar-refractivity contribution in [3.05, 3.63) is 72.4 Å². The lowest BCUT2D eigenvalue weighted by Gasteiger charge is -2.40. The summed E-state index contributed by atoms with van der Waals surface area (Å²) < 4.78 is 5.94. The smallest absolute Gasteiger partial charge is 0.262 e. The van der Waals surface area contributed by atoms with E-state index < -0.39 is 0 Å². The summed E-state index contributed by atoms with van der Waals surface area (Å²) in [7, 11) is 0. The summed E-state index contributed by atoms with van der Waals surface area (Å²) in [6, 6.07) is 19.8. The van der Waals surface area contributed by atoms with Crippen molar-refractivity contribution in [1.82, 2.24) is 10.3 Å². The Kier molecular flexibility index (Phi) is 5.23. The minimum absolute atomic E-state index is 0.0176. The second-order valence-corrected chi connectivity index (χ2v) is 8.06. The van der Waals surface area contributed by atoms with E-state index in [1.54, 1.807) is 11.1 Å². The van der Waals surface area contributed by atoms with Gasteiger partial charge in [0.2, 0.25) is 5.91 Å². The van der Waals surface area contributed by atoms with Crippen LogP contribution in [0.25, 0.3) is 11.1 Å².